The van der Waals surface area contributed by atoms with Crippen LogP contribution >= 0.6 is 0 Å². The molecule has 6 N–H and O–H groups in total. The molecule has 0 bridgehead atoms. The third kappa shape index (κ3) is 4.72. The van der Waals surface area contributed by atoms with Gasteiger partial charge in [-0.2, -0.15) is 4.98 Å². The molecule has 10 heteroatoms. The number of nitrogens with zero attached hydrogens (tertiary/aromatic N) is 2. The third-order valence-electron chi connectivity index (χ3n) is 4.53. The van der Waals surface area contributed by atoms with Gasteiger partial charge in [0, 0.05) is 24.0 Å². The van der Waals surface area contributed by atoms with Crippen molar-refractivity contribution < 1.29 is 13.2 Å². The van der Waals surface area contributed by atoms with Crippen molar-refractivity contribution in [1.82, 2.24) is 9.97 Å². The molecule has 1 aromatic carbocycles. The summed E-state index contributed by atoms with van der Waals surface area (Å²) in [4.78, 5) is 20.4. The topological polar surface area (TPSA) is 153 Å². The fourth-order valence-electron chi connectivity index (χ4n) is 3.03. The average Bonchev–Trinajstić information content (AvgIpc) is 2.64. The molecule has 2 aromatic rings. The van der Waals surface area contributed by atoms with Crippen LogP contribution in [0.15, 0.2) is 35.4 Å². The summed E-state index contributed by atoms with van der Waals surface area (Å²) in [5.74, 6) is -0.0783. The first-order chi connectivity index (χ1) is 12.9. The Balaban J connectivity index is 1.84. The van der Waals surface area contributed by atoms with Crippen LogP contribution in [0.4, 0.5) is 17.5 Å². The van der Waals surface area contributed by atoms with E-state index >= 15 is 0 Å². The van der Waals surface area contributed by atoms with Gasteiger partial charge in [-0.25, -0.2) is 13.4 Å². The lowest BCUT2D eigenvalue weighted by Crippen LogP contribution is -2.43. The number of rotatable bonds is 6. The molecule has 1 aliphatic carbocycles. The van der Waals surface area contributed by atoms with Crippen molar-refractivity contribution in [2.75, 3.05) is 10.6 Å². The summed E-state index contributed by atoms with van der Waals surface area (Å²) in [6.07, 6.45) is 5.43. The number of benzene rings is 1. The number of nitrogens with two attached hydrogens (primary N) is 2. The Hall–Kier alpha value is -2.72. The highest BCUT2D eigenvalue weighted by Gasteiger charge is 2.23. The monoisotopic (exact) mass is 390 g/mol. The molecule has 1 fully saturated rings. The van der Waals surface area contributed by atoms with Gasteiger partial charge in [-0.15, -0.1) is 0 Å². The highest BCUT2D eigenvalue weighted by molar-refractivity contribution is 7.72. The van der Waals surface area contributed by atoms with Gasteiger partial charge in [-0.1, -0.05) is 12.8 Å². The number of carbonyl (C=O) groups is 1. The van der Waals surface area contributed by atoms with E-state index in [9.17, 15) is 13.2 Å². The van der Waals surface area contributed by atoms with Crippen molar-refractivity contribution >= 4 is 34.1 Å². The molecule has 0 spiro atoms. The van der Waals surface area contributed by atoms with Gasteiger partial charge in [0.05, 0.1) is 4.90 Å². The van der Waals surface area contributed by atoms with Crippen LogP contribution in [0.5, 0.6) is 0 Å². The van der Waals surface area contributed by atoms with Gasteiger partial charge in [-0.3, -0.25) is 4.79 Å². The normalized spacial score (nSPS) is 19.6. The molecule has 0 saturated heterocycles. The molecular weight excluding hydrogens is 368 g/mol. The minimum atomic E-state index is -2.65. The van der Waals surface area contributed by atoms with E-state index in [-0.39, 0.29) is 28.4 Å². The van der Waals surface area contributed by atoms with Gasteiger partial charge in [0.15, 0.2) is 10.7 Å². The summed E-state index contributed by atoms with van der Waals surface area (Å²) in [7, 11) is -2.65. The molecule has 0 radical (unpaired) electrons. The van der Waals surface area contributed by atoms with E-state index in [2.05, 4.69) is 20.6 Å². The first-order valence-electron chi connectivity index (χ1n) is 8.64. The third-order valence-corrected chi connectivity index (χ3v) is 5.25. The zero-order valence-electron chi connectivity index (χ0n) is 14.6. The fraction of sp³-hybridized carbons (Fsp3) is 0.353. The molecule has 1 saturated carbocycles. The molecule has 1 amide bonds. The fourth-order valence-corrected chi connectivity index (χ4v) is 3.43. The Labute approximate surface area is 158 Å². The van der Waals surface area contributed by atoms with Crippen molar-refractivity contribution in [1.29, 1.82) is 0 Å². The summed E-state index contributed by atoms with van der Waals surface area (Å²) >= 11 is 0. The molecule has 3 rings (SSSR count). The van der Waals surface area contributed by atoms with Crippen molar-refractivity contribution in [2.45, 2.75) is 42.7 Å². The molecule has 1 aliphatic rings. The lowest BCUT2D eigenvalue weighted by Gasteiger charge is -2.29. The number of carbonyl (C=O) groups excluding carboxylic acids is 1. The van der Waals surface area contributed by atoms with Gasteiger partial charge in [0.1, 0.15) is 11.4 Å². The lowest BCUT2D eigenvalue weighted by atomic mass is 9.91. The summed E-state index contributed by atoms with van der Waals surface area (Å²) in [5, 5.41) is 6.22. The van der Waals surface area contributed by atoms with E-state index in [1.165, 1.54) is 18.3 Å². The maximum absolute atomic E-state index is 11.7. The molecule has 1 aromatic heterocycles. The number of aromatic nitrogens is 2. The first kappa shape index (κ1) is 19.1. The molecule has 1 heterocycles. The number of amides is 1. The van der Waals surface area contributed by atoms with Gasteiger partial charge in [0.2, 0.25) is 5.95 Å². The zero-order valence-corrected chi connectivity index (χ0v) is 15.5. The van der Waals surface area contributed by atoms with E-state index in [0.717, 1.165) is 25.7 Å². The number of thiol groups is 1. The van der Waals surface area contributed by atoms with Gasteiger partial charge >= 0.3 is 0 Å². The van der Waals surface area contributed by atoms with Crippen molar-refractivity contribution in [3.8, 4) is 0 Å². The van der Waals surface area contributed by atoms with Gasteiger partial charge in [0.25, 0.3) is 5.91 Å². The van der Waals surface area contributed by atoms with E-state index in [0.29, 0.717) is 11.6 Å². The molecule has 144 valence electrons. The standard InChI is InChI=1S/C17H22N6O3S/c18-13-3-1-2-4-14(13)22-17-20-9-12(15(19)24)16(23-17)21-10-5-7-11(8-6-10)27(25)26/h5-9,13-14,27H,1-4,18H2,(H2,19,24)(H2,20,21,22,23)/t13-,14+/m0/s1. The lowest BCUT2D eigenvalue weighted by molar-refractivity contribution is 0.100. The second kappa shape index (κ2) is 8.31. The van der Waals surface area contributed by atoms with Crippen LogP contribution in [0.1, 0.15) is 36.0 Å². The quantitative estimate of drug-likeness (QED) is 0.457. The van der Waals surface area contributed by atoms with Crippen LogP contribution in [0.2, 0.25) is 0 Å². The minimum absolute atomic E-state index is 0.0243. The van der Waals surface area contributed by atoms with Crippen LogP contribution < -0.4 is 22.1 Å². The van der Waals surface area contributed by atoms with E-state index in [1.807, 2.05) is 0 Å². The summed E-state index contributed by atoms with van der Waals surface area (Å²) in [6, 6.07) is 6.17. The van der Waals surface area contributed by atoms with Gasteiger partial charge in [-0.05, 0) is 37.1 Å². The molecule has 0 unspecified atom stereocenters. The number of hydrogen-bond donors (Lipinski definition) is 5. The Kier molecular flexibility index (Phi) is 5.87. The number of hydrogen-bond acceptors (Lipinski definition) is 8. The number of nitrogens with one attached hydrogen (secondary N) is 2. The molecule has 0 aliphatic heterocycles. The first-order valence-corrected chi connectivity index (χ1v) is 9.82. The van der Waals surface area contributed by atoms with Crippen molar-refractivity contribution in [3.63, 3.8) is 0 Å². The van der Waals surface area contributed by atoms with Gasteiger partial charge < -0.3 is 22.1 Å². The highest BCUT2D eigenvalue weighted by atomic mass is 32.2. The summed E-state index contributed by atoms with van der Waals surface area (Å²) in [6.45, 7) is 0. The van der Waals surface area contributed by atoms with E-state index in [1.54, 1.807) is 12.1 Å². The van der Waals surface area contributed by atoms with Crippen LogP contribution in [0, 0.1) is 0 Å². The smallest absolute Gasteiger partial charge is 0.254 e. The molecule has 27 heavy (non-hydrogen) atoms. The second-order valence-corrected chi connectivity index (χ2v) is 7.48. The number of anilines is 3. The minimum Gasteiger partial charge on any atom is -0.365 e. The van der Waals surface area contributed by atoms with Crippen molar-refractivity contribution in [2.24, 2.45) is 11.5 Å². The van der Waals surface area contributed by atoms with Crippen molar-refractivity contribution in [3.05, 3.63) is 36.0 Å². The predicted octanol–water partition coefficient (Wildman–Crippen LogP) is 0.971. The predicted molar refractivity (Wildman–Crippen MR) is 103 cm³/mol. The zero-order chi connectivity index (χ0) is 19.4. The molecule has 2 atom stereocenters. The van der Waals surface area contributed by atoms with Crippen LogP contribution in [-0.2, 0) is 10.7 Å². The SMILES string of the molecule is NC(=O)c1cnc(N[C@@H]2CCCC[C@@H]2N)nc1Nc1ccc([SH](=O)=O)cc1. The molecule has 9 nitrogen and oxygen atoms in total. The second-order valence-electron chi connectivity index (χ2n) is 6.45. The van der Waals surface area contributed by atoms with Crippen LogP contribution in [-0.4, -0.2) is 36.4 Å². The van der Waals surface area contributed by atoms with E-state index in [4.69, 9.17) is 11.5 Å². The molecular formula is C17H22N6O3S. The Morgan fingerprint density at radius 2 is 1.85 bits per heavy atom. The van der Waals surface area contributed by atoms with Crippen LogP contribution in [0.25, 0.3) is 0 Å². The summed E-state index contributed by atoms with van der Waals surface area (Å²) in [5.41, 5.74) is 12.3. The number of primary amides is 1. The maximum Gasteiger partial charge on any atom is 0.254 e. The Morgan fingerprint density at radius 3 is 2.48 bits per heavy atom. The Bertz CT molecular complexity index is 892. The Morgan fingerprint density at radius 1 is 1.15 bits per heavy atom. The van der Waals surface area contributed by atoms with E-state index < -0.39 is 16.6 Å². The largest absolute Gasteiger partial charge is 0.365 e. The highest BCUT2D eigenvalue weighted by Crippen LogP contribution is 2.23. The van der Waals surface area contributed by atoms with Crippen LogP contribution in [0.3, 0.4) is 0 Å². The summed E-state index contributed by atoms with van der Waals surface area (Å²) < 4.78 is 22.0. The maximum atomic E-state index is 11.7. The average molecular weight is 390 g/mol.